The van der Waals surface area contributed by atoms with E-state index in [-0.39, 0.29) is 11.8 Å². The lowest BCUT2D eigenvalue weighted by Gasteiger charge is -2.13. The molecular formula is C24H29N3O2. The first kappa shape index (κ1) is 20.8. The number of rotatable bonds is 8. The van der Waals surface area contributed by atoms with E-state index in [0.717, 1.165) is 18.5 Å². The van der Waals surface area contributed by atoms with Gasteiger partial charge in [0.25, 0.3) is 5.91 Å². The van der Waals surface area contributed by atoms with Crippen LogP contribution in [-0.4, -0.2) is 24.9 Å². The average Bonchev–Trinajstić information content (AvgIpc) is 2.73. The van der Waals surface area contributed by atoms with Gasteiger partial charge in [0.2, 0.25) is 5.91 Å². The van der Waals surface area contributed by atoms with E-state index in [4.69, 9.17) is 0 Å². The van der Waals surface area contributed by atoms with Crippen molar-refractivity contribution in [1.82, 2.24) is 5.32 Å². The van der Waals surface area contributed by atoms with Crippen LogP contribution in [0.5, 0.6) is 0 Å². The molecular weight excluding hydrogens is 362 g/mol. The Hall–Kier alpha value is -2.92. The Balaban J connectivity index is 1.40. The van der Waals surface area contributed by atoms with Crippen LogP contribution >= 0.6 is 0 Å². The Kier molecular flexibility index (Phi) is 7.59. The predicted octanol–water partition coefficient (Wildman–Crippen LogP) is 4.67. The van der Waals surface area contributed by atoms with Crippen LogP contribution in [0.4, 0.5) is 11.4 Å². The van der Waals surface area contributed by atoms with Crippen molar-refractivity contribution >= 4 is 23.2 Å². The van der Waals surface area contributed by atoms with Crippen LogP contribution in [-0.2, 0) is 4.79 Å². The molecule has 3 N–H and O–H groups in total. The minimum atomic E-state index is -0.150. The van der Waals surface area contributed by atoms with Crippen molar-refractivity contribution in [2.45, 2.75) is 39.0 Å². The largest absolute Gasteiger partial charge is 0.325 e. The number of allylic oxidation sites excluding steroid dienone is 1. The summed E-state index contributed by atoms with van der Waals surface area (Å²) >= 11 is 0. The maximum Gasteiger partial charge on any atom is 0.255 e. The molecule has 1 aliphatic carbocycles. The first-order valence-corrected chi connectivity index (χ1v) is 10.3. The fourth-order valence-corrected chi connectivity index (χ4v) is 3.41. The van der Waals surface area contributed by atoms with Crippen LogP contribution in [0.25, 0.3) is 0 Å². The zero-order valence-electron chi connectivity index (χ0n) is 17.0. The maximum atomic E-state index is 12.3. The third kappa shape index (κ3) is 6.88. The number of anilines is 2. The highest BCUT2D eigenvalue weighted by Crippen LogP contribution is 2.19. The molecule has 0 saturated carbocycles. The molecule has 152 valence electrons. The molecule has 2 aromatic carbocycles. The Morgan fingerprint density at radius 1 is 0.966 bits per heavy atom. The number of aryl methyl sites for hydroxylation is 1. The van der Waals surface area contributed by atoms with Gasteiger partial charge < -0.3 is 16.0 Å². The quantitative estimate of drug-likeness (QED) is 0.452. The van der Waals surface area contributed by atoms with Crippen molar-refractivity contribution in [3.63, 3.8) is 0 Å². The van der Waals surface area contributed by atoms with Gasteiger partial charge in [0.05, 0.1) is 6.54 Å². The monoisotopic (exact) mass is 391 g/mol. The number of nitrogens with one attached hydrogen (secondary N) is 3. The second-order valence-corrected chi connectivity index (χ2v) is 7.48. The Morgan fingerprint density at radius 2 is 1.72 bits per heavy atom. The van der Waals surface area contributed by atoms with Gasteiger partial charge in [0, 0.05) is 16.9 Å². The molecule has 0 saturated heterocycles. The van der Waals surface area contributed by atoms with Crippen molar-refractivity contribution in [1.29, 1.82) is 0 Å². The van der Waals surface area contributed by atoms with Gasteiger partial charge in [-0.15, -0.1) is 0 Å². The summed E-state index contributed by atoms with van der Waals surface area (Å²) in [7, 11) is 0. The van der Waals surface area contributed by atoms with E-state index in [2.05, 4.69) is 22.0 Å². The van der Waals surface area contributed by atoms with E-state index in [1.54, 1.807) is 30.3 Å². The molecule has 0 unspecified atom stereocenters. The first-order chi connectivity index (χ1) is 14.1. The SMILES string of the molecule is Cc1cccc(C(=O)Nc2ccc(NC(=O)CNCCC3=CCCCC3)cc2)c1. The number of hydrogen-bond acceptors (Lipinski definition) is 3. The number of carbonyl (C=O) groups is 2. The fourth-order valence-electron chi connectivity index (χ4n) is 3.41. The van der Waals surface area contributed by atoms with Crippen LogP contribution in [0.3, 0.4) is 0 Å². The highest BCUT2D eigenvalue weighted by Gasteiger charge is 2.07. The Morgan fingerprint density at radius 3 is 2.41 bits per heavy atom. The molecule has 3 rings (SSSR count). The predicted molar refractivity (Wildman–Crippen MR) is 118 cm³/mol. The minimum absolute atomic E-state index is 0.0702. The molecule has 0 aromatic heterocycles. The van der Waals surface area contributed by atoms with Crippen molar-refractivity contribution in [2.75, 3.05) is 23.7 Å². The molecule has 2 amide bonds. The lowest BCUT2D eigenvalue weighted by atomic mass is 9.97. The summed E-state index contributed by atoms with van der Waals surface area (Å²) < 4.78 is 0. The zero-order valence-corrected chi connectivity index (χ0v) is 17.0. The van der Waals surface area contributed by atoms with Gasteiger partial charge >= 0.3 is 0 Å². The van der Waals surface area contributed by atoms with E-state index in [9.17, 15) is 9.59 Å². The molecule has 5 heteroatoms. The van der Waals surface area contributed by atoms with E-state index < -0.39 is 0 Å². The van der Waals surface area contributed by atoms with E-state index >= 15 is 0 Å². The molecule has 0 heterocycles. The van der Waals surface area contributed by atoms with Gasteiger partial charge in [-0.3, -0.25) is 9.59 Å². The first-order valence-electron chi connectivity index (χ1n) is 10.3. The summed E-state index contributed by atoms with van der Waals surface area (Å²) in [6.45, 7) is 3.07. The molecule has 29 heavy (non-hydrogen) atoms. The number of benzene rings is 2. The summed E-state index contributed by atoms with van der Waals surface area (Å²) in [5, 5.41) is 8.94. The van der Waals surface area contributed by atoms with Crippen molar-refractivity contribution < 1.29 is 9.59 Å². The molecule has 1 aliphatic rings. The molecule has 0 radical (unpaired) electrons. The third-order valence-electron chi connectivity index (χ3n) is 5.00. The summed E-state index contributed by atoms with van der Waals surface area (Å²) in [5.74, 6) is -0.220. The van der Waals surface area contributed by atoms with E-state index in [1.807, 2.05) is 25.1 Å². The van der Waals surface area contributed by atoms with Gasteiger partial charge in [-0.1, -0.05) is 29.3 Å². The topological polar surface area (TPSA) is 70.2 Å². The molecule has 0 fully saturated rings. The lowest BCUT2D eigenvalue weighted by Crippen LogP contribution is -2.29. The van der Waals surface area contributed by atoms with Gasteiger partial charge in [-0.25, -0.2) is 0 Å². The normalized spacial score (nSPS) is 13.5. The summed E-state index contributed by atoms with van der Waals surface area (Å²) in [6, 6.07) is 14.6. The van der Waals surface area contributed by atoms with E-state index in [0.29, 0.717) is 23.5 Å². The van der Waals surface area contributed by atoms with Crippen LogP contribution in [0.1, 0.15) is 48.0 Å². The smallest absolute Gasteiger partial charge is 0.255 e. The standard InChI is InChI=1S/C24H29N3O2/c1-18-6-5-9-20(16-18)24(29)27-22-12-10-21(11-13-22)26-23(28)17-25-15-14-19-7-3-2-4-8-19/h5-7,9-13,16,25H,2-4,8,14-15,17H2,1H3,(H,26,28)(H,27,29). The van der Waals surface area contributed by atoms with Gasteiger partial charge in [0.15, 0.2) is 0 Å². The number of amides is 2. The Labute approximate surface area is 172 Å². The third-order valence-corrected chi connectivity index (χ3v) is 5.00. The van der Waals surface area contributed by atoms with Crippen LogP contribution < -0.4 is 16.0 Å². The van der Waals surface area contributed by atoms with Gasteiger partial charge in [-0.05, 0) is 82.0 Å². The maximum absolute atomic E-state index is 12.3. The minimum Gasteiger partial charge on any atom is -0.325 e. The van der Waals surface area contributed by atoms with Gasteiger partial charge in [0.1, 0.15) is 0 Å². The lowest BCUT2D eigenvalue weighted by molar-refractivity contribution is -0.115. The number of hydrogen-bond donors (Lipinski definition) is 3. The summed E-state index contributed by atoms with van der Waals surface area (Å²) in [4.78, 5) is 24.4. The second kappa shape index (κ2) is 10.6. The highest BCUT2D eigenvalue weighted by atomic mass is 16.2. The van der Waals surface area contributed by atoms with Crippen molar-refractivity contribution in [2.24, 2.45) is 0 Å². The molecule has 0 aliphatic heterocycles. The molecule has 5 nitrogen and oxygen atoms in total. The van der Waals surface area contributed by atoms with Crippen molar-refractivity contribution in [3.05, 3.63) is 71.3 Å². The van der Waals surface area contributed by atoms with E-state index in [1.165, 1.54) is 31.3 Å². The molecule has 0 spiro atoms. The molecule has 0 atom stereocenters. The second-order valence-electron chi connectivity index (χ2n) is 7.48. The van der Waals surface area contributed by atoms with Crippen molar-refractivity contribution in [3.8, 4) is 0 Å². The van der Waals surface area contributed by atoms with Crippen LogP contribution in [0, 0.1) is 6.92 Å². The van der Waals surface area contributed by atoms with Gasteiger partial charge in [-0.2, -0.15) is 0 Å². The summed E-state index contributed by atoms with van der Waals surface area (Å²) in [6.07, 6.45) is 8.33. The summed E-state index contributed by atoms with van der Waals surface area (Å²) in [5.41, 5.74) is 4.57. The van der Waals surface area contributed by atoms with Crippen LogP contribution in [0.2, 0.25) is 0 Å². The average molecular weight is 392 g/mol. The Bertz CT molecular complexity index is 872. The van der Waals surface area contributed by atoms with Crippen LogP contribution in [0.15, 0.2) is 60.2 Å². The highest BCUT2D eigenvalue weighted by molar-refractivity contribution is 6.04. The number of carbonyl (C=O) groups excluding carboxylic acids is 2. The molecule has 0 bridgehead atoms. The zero-order chi connectivity index (χ0) is 20.5. The fraction of sp³-hybridized carbons (Fsp3) is 0.333. The molecule has 2 aromatic rings.